The SMILES string of the molecule is O=C(CN1CCN(c2ccc3c(c2)OCO3)CC1)NCc1ccccc1Sc1ccc(Cl)cc1. The quantitative estimate of drug-likeness (QED) is 0.514. The van der Waals surface area contributed by atoms with E-state index >= 15 is 0 Å². The number of fused-ring (bicyclic) bond motifs is 1. The fourth-order valence-electron chi connectivity index (χ4n) is 4.08. The second-order valence-electron chi connectivity index (χ2n) is 8.24. The van der Waals surface area contributed by atoms with Crippen molar-refractivity contribution in [1.29, 1.82) is 0 Å². The zero-order valence-corrected chi connectivity index (χ0v) is 20.3. The monoisotopic (exact) mass is 495 g/mol. The van der Waals surface area contributed by atoms with Crippen LogP contribution >= 0.6 is 23.4 Å². The molecule has 1 amide bonds. The smallest absolute Gasteiger partial charge is 0.234 e. The highest BCUT2D eigenvalue weighted by molar-refractivity contribution is 7.99. The van der Waals surface area contributed by atoms with Gasteiger partial charge in [0.25, 0.3) is 0 Å². The van der Waals surface area contributed by atoms with Crippen LogP contribution in [0.1, 0.15) is 5.56 Å². The normalized spacial score (nSPS) is 15.4. The molecule has 8 heteroatoms. The number of ether oxygens (including phenoxy) is 2. The van der Waals surface area contributed by atoms with Gasteiger partial charge < -0.3 is 19.7 Å². The molecule has 5 rings (SSSR count). The molecule has 3 aromatic carbocycles. The summed E-state index contributed by atoms with van der Waals surface area (Å²) in [5.74, 6) is 1.64. The van der Waals surface area contributed by atoms with Crippen molar-refractivity contribution in [3.63, 3.8) is 0 Å². The molecule has 1 fully saturated rings. The number of carbonyl (C=O) groups is 1. The van der Waals surface area contributed by atoms with Gasteiger partial charge in [0.15, 0.2) is 11.5 Å². The fourth-order valence-corrected chi connectivity index (χ4v) is 5.15. The highest BCUT2D eigenvalue weighted by Crippen LogP contribution is 2.35. The van der Waals surface area contributed by atoms with Gasteiger partial charge in [-0.15, -0.1) is 0 Å². The highest BCUT2D eigenvalue weighted by atomic mass is 35.5. The Morgan fingerprint density at radius 2 is 1.71 bits per heavy atom. The largest absolute Gasteiger partial charge is 0.454 e. The molecule has 34 heavy (non-hydrogen) atoms. The molecule has 2 heterocycles. The predicted octanol–water partition coefficient (Wildman–Crippen LogP) is 4.66. The Hall–Kier alpha value is -2.87. The number of hydrogen-bond acceptors (Lipinski definition) is 6. The zero-order valence-electron chi connectivity index (χ0n) is 18.7. The molecule has 3 aromatic rings. The minimum Gasteiger partial charge on any atom is -0.454 e. The minimum absolute atomic E-state index is 0.0443. The first-order valence-electron chi connectivity index (χ1n) is 11.3. The average molecular weight is 496 g/mol. The molecule has 0 atom stereocenters. The lowest BCUT2D eigenvalue weighted by Crippen LogP contribution is -2.49. The maximum absolute atomic E-state index is 12.7. The first kappa shape index (κ1) is 22.9. The van der Waals surface area contributed by atoms with E-state index in [-0.39, 0.29) is 12.7 Å². The lowest BCUT2D eigenvalue weighted by atomic mass is 10.2. The van der Waals surface area contributed by atoms with Crippen molar-refractivity contribution < 1.29 is 14.3 Å². The summed E-state index contributed by atoms with van der Waals surface area (Å²) in [7, 11) is 0. The summed E-state index contributed by atoms with van der Waals surface area (Å²) >= 11 is 7.67. The van der Waals surface area contributed by atoms with E-state index in [0.717, 1.165) is 63.7 Å². The Bertz CT molecular complexity index is 1150. The molecule has 1 saturated heterocycles. The Morgan fingerprint density at radius 1 is 0.941 bits per heavy atom. The van der Waals surface area contributed by atoms with E-state index in [1.54, 1.807) is 11.8 Å². The van der Waals surface area contributed by atoms with Gasteiger partial charge in [-0.3, -0.25) is 9.69 Å². The van der Waals surface area contributed by atoms with Crippen LogP contribution in [0.15, 0.2) is 76.5 Å². The average Bonchev–Trinajstić information content (AvgIpc) is 3.33. The molecular weight excluding hydrogens is 470 g/mol. The van der Waals surface area contributed by atoms with Gasteiger partial charge in [-0.1, -0.05) is 41.6 Å². The van der Waals surface area contributed by atoms with Crippen LogP contribution in [0.5, 0.6) is 11.5 Å². The van der Waals surface area contributed by atoms with Crippen molar-refractivity contribution in [2.45, 2.75) is 16.3 Å². The molecule has 0 aromatic heterocycles. The molecule has 2 aliphatic heterocycles. The zero-order chi connectivity index (χ0) is 23.3. The number of amides is 1. The molecule has 6 nitrogen and oxygen atoms in total. The van der Waals surface area contributed by atoms with Crippen LogP contribution in [-0.4, -0.2) is 50.3 Å². The van der Waals surface area contributed by atoms with Crippen molar-refractivity contribution in [2.75, 3.05) is 44.4 Å². The van der Waals surface area contributed by atoms with Crippen LogP contribution in [0.2, 0.25) is 5.02 Å². The van der Waals surface area contributed by atoms with Crippen LogP contribution in [0, 0.1) is 0 Å². The molecule has 0 saturated carbocycles. The Morgan fingerprint density at radius 3 is 2.53 bits per heavy atom. The van der Waals surface area contributed by atoms with E-state index in [1.165, 1.54) is 0 Å². The number of halogens is 1. The van der Waals surface area contributed by atoms with Gasteiger partial charge in [-0.05, 0) is 48.0 Å². The van der Waals surface area contributed by atoms with Gasteiger partial charge in [0.1, 0.15) is 0 Å². The second kappa shape index (κ2) is 10.6. The molecule has 1 N–H and O–H groups in total. The number of nitrogens with zero attached hydrogens (tertiary/aromatic N) is 2. The topological polar surface area (TPSA) is 54.0 Å². The van der Waals surface area contributed by atoms with Crippen LogP contribution in [0.25, 0.3) is 0 Å². The van der Waals surface area contributed by atoms with Gasteiger partial charge in [-0.2, -0.15) is 0 Å². The summed E-state index contributed by atoms with van der Waals surface area (Å²) in [4.78, 5) is 19.4. The molecular formula is C26H26ClN3O3S. The summed E-state index contributed by atoms with van der Waals surface area (Å²) < 4.78 is 10.9. The van der Waals surface area contributed by atoms with Gasteiger partial charge in [-0.25, -0.2) is 0 Å². The van der Waals surface area contributed by atoms with Crippen molar-refractivity contribution >= 4 is 35.0 Å². The number of benzene rings is 3. The summed E-state index contributed by atoms with van der Waals surface area (Å²) in [6.07, 6.45) is 0. The minimum atomic E-state index is 0.0443. The third-order valence-electron chi connectivity index (χ3n) is 5.95. The number of carbonyl (C=O) groups excluding carboxylic acids is 1. The summed E-state index contributed by atoms with van der Waals surface area (Å²) in [6.45, 7) is 4.61. The van der Waals surface area contributed by atoms with E-state index in [4.69, 9.17) is 21.1 Å². The Labute approximate surface area is 208 Å². The Balaban J connectivity index is 1.10. The summed E-state index contributed by atoms with van der Waals surface area (Å²) in [6, 6.07) is 22.0. The van der Waals surface area contributed by atoms with Gasteiger partial charge >= 0.3 is 0 Å². The number of nitrogens with one attached hydrogen (secondary N) is 1. The molecule has 176 valence electrons. The molecule has 0 radical (unpaired) electrons. The Kier molecular flexibility index (Phi) is 7.13. The standard InChI is InChI=1S/C26H26ClN3O3S/c27-20-5-8-22(9-6-20)34-25-4-2-1-3-19(25)16-28-26(31)17-29-11-13-30(14-12-29)21-7-10-23-24(15-21)33-18-32-23/h1-10,15H,11-14,16-18H2,(H,28,31). The van der Waals surface area contributed by atoms with Crippen molar-refractivity contribution in [3.05, 3.63) is 77.3 Å². The maximum atomic E-state index is 12.7. The van der Waals surface area contributed by atoms with Gasteiger partial charge in [0, 0.05) is 59.3 Å². The van der Waals surface area contributed by atoms with E-state index < -0.39 is 0 Å². The van der Waals surface area contributed by atoms with Gasteiger partial charge in [0.2, 0.25) is 12.7 Å². The predicted molar refractivity (Wildman–Crippen MR) is 135 cm³/mol. The number of piperazine rings is 1. The maximum Gasteiger partial charge on any atom is 0.234 e. The lowest BCUT2D eigenvalue weighted by Gasteiger charge is -2.35. The van der Waals surface area contributed by atoms with E-state index in [1.807, 2.05) is 48.5 Å². The van der Waals surface area contributed by atoms with Crippen LogP contribution in [0.3, 0.4) is 0 Å². The number of anilines is 1. The van der Waals surface area contributed by atoms with Gasteiger partial charge in [0.05, 0.1) is 6.54 Å². The van der Waals surface area contributed by atoms with Crippen LogP contribution in [-0.2, 0) is 11.3 Å². The fraction of sp³-hybridized carbons (Fsp3) is 0.269. The third-order valence-corrected chi connectivity index (χ3v) is 7.33. The first-order chi connectivity index (χ1) is 16.6. The lowest BCUT2D eigenvalue weighted by molar-refractivity contribution is -0.122. The van der Waals surface area contributed by atoms with Crippen molar-refractivity contribution in [2.24, 2.45) is 0 Å². The van der Waals surface area contributed by atoms with Crippen molar-refractivity contribution in [1.82, 2.24) is 10.2 Å². The third kappa shape index (κ3) is 5.60. The number of hydrogen-bond donors (Lipinski definition) is 1. The molecule has 0 aliphatic carbocycles. The van der Waals surface area contributed by atoms with E-state index in [9.17, 15) is 4.79 Å². The second-order valence-corrected chi connectivity index (χ2v) is 9.79. The summed E-state index contributed by atoms with van der Waals surface area (Å²) in [5, 5.41) is 3.82. The summed E-state index contributed by atoms with van der Waals surface area (Å²) in [5.41, 5.74) is 2.23. The highest BCUT2D eigenvalue weighted by Gasteiger charge is 2.21. The molecule has 0 unspecified atom stereocenters. The van der Waals surface area contributed by atoms with Crippen molar-refractivity contribution in [3.8, 4) is 11.5 Å². The number of rotatable bonds is 7. The van der Waals surface area contributed by atoms with E-state index in [0.29, 0.717) is 13.1 Å². The molecule has 0 bridgehead atoms. The first-order valence-corrected chi connectivity index (χ1v) is 12.5. The molecule has 0 spiro atoms. The molecule has 2 aliphatic rings. The van der Waals surface area contributed by atoms with Crippen LogP contribution in [0.4, 0.5) is 5.69 Å². The van der Waals surface area contributed by atoms with E-state index in [2.05, 4.69) is 33.3 Å². The van der Waals surface area contributed by atoms with Crippen LogP contribution < -0.4 is 19.7 Å².